The second-order valence-corrected chi connectivity index (χ2v) is 6.19. The lowest BCUT2D eigenvalue weighted by atomic mass is 9.90. The van der Waals surface area contributed by atoms with E-state index in [1.807, 2.05) is 0 Å². The minimum absolute atomic E-state index is 0.0667. The summed E-state index contributed by atoms with van der Waals surface area (Å²) >= 11 is 0. The van der Waals surface area contributed by atoms with E-state index < -0.39 is 0 Å². The van der Waals surface area contributed by atoms with Crippen LogP contribution >= 0.6 is 0 Å². The summed E-state index contributed by atoms with van der Waals surface area (Å²) in [6.07, 6.45) is 8.85. The molecule has 3 nitrogen and oxygen atoms in total. The second kappa shape index (κ2) is 6.33. The molecule has 1 atom stereocenters. The number of anilines is 1. The van der Waals surface area contributed by atoms with E-state index in [0.29, 0.717) is 6.04 Å². The van der Waals surface area contributed by atoms with Gasteiger partial charge in [0.25, 0.3) is 0 Å². The molecule has 2 aliphatic rings. The minimum atomic E-state index is -0.0667. The molecule has 1 aromatic carbocycles. The van der Waals surface area contributed by atoms with Crippen molar-refractivity contribution in [1.29, 1.82) is 0 Å². The van der Waals surface area contributed by atoms with Gasteiger partial charge in [0, 0.05) is 18.3 Å². The van der Waals surface area contributed by atoms with Crippen LogP contribution in [0.1, 0.15) is 37.7 Å². The fourth-order valence-electron chi connectivity index (χ4n) is 3.72. The van der Waals surface area contributed by atoms with E-state index in [0.717, 1.165) is 13.0 Å². The first-order valence-electron chi connectivity index (χ1n) is 8.05. The van der Waals surface area contributed by atoms with Crippen molar-refractivity contribution >= 4 is 11.6 Å². The number of para-hydroxylation sites is 1. The SMILES string of the molecule is C=CC(=O)NC1Cc2ccccc2N(C2CCCCC2)C1. The Bertz CT molecular complexity index is 520. The predicted octanol–water partition coefficient (Wildman–Crippen LogP) is 3.05. The maximum absolute atomic E-state index is 11.6. The Kier molecular flexibility index (Phi) is 4.28. The molecule has 0 bridgehead atoms. The summed E-state index contributed by atoms with van der Waals surface area (Å²) in [4.78, 5) is 14.2. The van der Waals surface area contributed by atoms with E-state index in [1.54, 1.807) is 0 Å². The quantitative estimate of drug-likeness (QED) is 0.865. The molecule has 1 saturated carbocycles. The summed E-state index contributed by atoms with van der Waals surface area (Å²) in [5, 5.41) is 3.08. The maximum atomic E-state index is 11.6. The van der Waals surface area contributed by atoms with Crippen LogP contribution in [-0.2, 0) is 11.2 Å². The zero-order valence-corrected chi connectivity index (χ0v) is 12.6. The number of benzene rings is 1. The summed E-state index contributed by atoms with van der Waals surface area (Å²) in [6.45, 7) is 4.47. The predicted molar refractivity (Wildman–Crippen MR) is 86.5 cm³/mol. The van der Waals surface area contributed by atoms with Crippen LogP contribution in [0.3, 0.4) is 0 Å². The van der Waals surface area contributed by atoms with Crippen molar-refractivity contribution < 1.29 is 4.79 Å². The number of hydrogen-bond acceptors (Lipinski definition) is 2. The molecule has 1 aliphatic carbocycles. The number of nitrogens with zero attached hydrogens (tertiary/aromatic N) is 1. The molecule has 0 spiro atoms. The molecule has 0 radical (unpaired) electrons. The Morgan fingerprint density at radius 2 is 2.00 bits per heavy atom. The van der Waals surface area contributed by atoms with E-state index in [-0.39, 0.29) is 11.9 Å². The van der Waals surface area contributed by atoms with Crippen molar-refractivity contribution in [3.05, 3.63) is 42.5 Å². The molecule has 3 rings (SSSR count). The van der Waals surface area contributed by atoms with Gasteiger partial charge < -0.3 is 10.2 Å². The molecule has 21 heavy (non-hydrogen) atoms. The largest absolute Gasteiger partial charge is 0.366 e. The van der Waals surface area contributed by atoms with Crippen LogP contribution in [0, 0.1) is 0 Å². The molecule has 1 fully saturated rings. The number of rotatable bonds is 3. The summed E-state index contributed by atoms with van der Waals surface area (Å²) in [5.74, 6) is -0.0667. The molecule has 3 heteroatoms. The van der Waals surface area contributed by atoms with E-state index in [4.69, 9.17) is 0 Å². The van der Waals surface area contributed by atoms with Crippen molar-refractivity contribution in [3.8, 4) is 0 Å². The number of amides is 1. The molecule has 0 aromatic heterocycles. The molecule has 112 valence electrons. The Hall–Kier alpha value is -1.77. The average Bonchev–Trinajstić information content (AvgIpc) is 2.55. The summed E-state index contributed by atoms with van der Waals surface area (Å²) in [7, 11) is 0. The van der Waals surface area contributed by atoms with Gasteiger partial charge in [-0.15, -0.1) is 0 Å². The van der Waals surface area contributed by atoms with E-state index in [9.17, 15) is 4.79 Å². The fraction of sp³-hybridized carbons (Fsp3) is 0.500. The van der Waals surface area contributed by atoms with Crippen molar-refractivity contribution in [2.24, 2.45) is 0 Å². The molecule has 1 aromatic rings. The maximum Gasteiger partial charge on any atom is 0.243 e. The first-order valence-corrected chi connectivity index (χ1v) is 8.05. The van der Waals surface area contributed by atoms with Gasteiger partial charge in [-0.3, -0.25) is 4.79 Å². The standard InChI is InChI=1S/C18H24N2O/c1-2-18(21)19-15-12-14-8-6-7-11-17(14)20(13-15)16-9-4-3-5-10-16/h2,6-8,11,15-16H,1,3-5,9-10,12-13H2,(H,19,21). The van der Waals surface area contributed by atoms with Crippen molar-refractivity contribution in [1.82, 2.24) is 5.32 Å². The van der Waals surface area contributed by atoms with Gasteiger partial charge in [-0.25, -0.2) is 0 Å². The first-order chi connectivity index (χ1) is 10.3. The van der Waals surface area contributed by atoms with Crippen LogP contribution in [0.4, 0.5) is 5.69 Å². The Balaban J connectivity index is 1.83. The number of nitrogens with one attached hydrogen (secondary N) is 1. The third kappa shape index (κ3) is 3.12. The minimum Gasteiger partial charge on any atom is -0.366 e. The molecule has 1 N–H and O–H groups in total. The molecular weight excluding hydrogens is 260 g/mol. The highest BCUT2D eigenvalue weighted by atomic mass is 16.1. The first kappa shape index (κ1) is 14.2. The Morgan fingerprint density at radius 1 is 1.24 bits per heavy atom. The highest BCUT2D eigenvalue weighted by Crippen LogP contribution is 2.33. The third-order valence-electron chi connectivity index (χ3n) is 4.73. The Morgan fingerprint density at radius 3 is 2.76 bits per heavy atom. The lowest BCUT2D eigenvalue weighted by Gasteiger charge is -2.42. The van der Waals surface area contributed by atoms with Gasteiger partial charge in [0.05, 0.1) is 6.04 Å². The van der Waals surface area contributed by atoms with Gasteiger partial charge in [0.1, 0.15) is 0 Å². The number of carbonyl (C=O) groups excluding carboxylic acids is 1. The smallest absolute Gasteiger partial charge is 0.243 e. The van der Waals surface area contributed by atoms with Gasteiger partial charge >= 0.3 is 0 Å². The third-order valence-corrected chi connectivity index (χ3v) is 4.73. The highest BCUT2D eigenvalue weighted by Gasteiger charge is 2.30. The Labute approximate surface area is 127 Å². The zero-order valence-electron chi connectivity index (χ0n) is 12.6. The van der Waals surface area contributed by atoms with E-state index in [2.05, 4.69) is 41.1 Å². The summed E-state index contributed by atoms with van der Waals surface area (Å²) < 4.78 is 0. The lowest BCUT2D eigenvalue weighted by Crippen LogP contribution is -2.51. The van der Waals surface area contributed by atoms with E-state index >= 15 is 0 Å². The number of hydrogen-bond donors (Lipinski definition) is 1. The second-order valence-electron chi connectivity index (χ2n) is 6.19. The van der Waals surface area contributed by atoms with Gasteiger partial charge in [-0.1, -0.05) is 44.0 Å². The number of carbonyl (C=O) groups is 1. The van der Waals surface area contributed by atoms with Crippen LogP contribution in [0.2, 0.25) is 0 Å². The van der Waals surface area contributed by atoms with Crippen molar-refractivity contribution in [2.75, 3.05) is 11.4 Å². The molecule has 1 amide bonds. The van der Waals surface area contributed by atoms with Crippen LogP contribution in [0.25, 0.3) is 0 Å². The van der Waals surface area contributed by atoms with Crippen LogP contribution < -0.4 is 10.2 Å². The van der Waals surface area contributed by atoms with Crippen LogP contribution in [-0.4, -0.2) is 24.5 Å². The topological polar surface area (TPSA) is 32.3 Å². The fourth-order valence-corrected chi connectivity index (χ4v) is 3.72. The lowest BCUT2D eigenvalue weighted by molar-refractivity contribution is -0.117. The van der Waals surface area contributed by atoms with Crippen molar-refractivity contribution in [2.45, 2.75) is 50.6 Å². The monoisotopic (exact) mass is 284 g/mol. The van der Waals surface area contributed by atoms with Crippen LogP contribution in [0.5, 0.6) is 0 Å². The van der Waals surface area contributed by atoms with Gasteiger partial charge in [-0.05, 0) is 37.0 Å². The number of fused-ring (bicyclic) bond motifs is 1. The van der Waals surface area contributed by atoms with Crippen LogP contribution in [0.15, 0.2) is 36.9 Å². The average molecular weight is 284 g/mol. The molecular formula is C18H24N2O. The normalized spacial score (nSPS) is 22.5. The van der Waals surface area contributed by atoms with Gasteiger partial charge in [-0.2, -0.15) is 0 Å². The zero-order chi connectivity index (χ0) is 14.7. The van der Waals surface area contributed by atoms with E-state index in [1.165, 1.54) is 49.4 Å². The molecule has 1 unspecified atom stereocenters. The van der Waals surface area contributed by atoms with Crippen molar-refractivity contribution in [3.63, 3.8) is 0 Å². The highest BCUT2D eigenvalue weighted by molar-refractivity contribution is 5.87. The molecule has 0 saturated heterocycles. The van der Waals surface area contributed by atoms with Gasteiger partial charge in [0.15, 0.2) is 0 Å². The summed E-state index contributed by atoms with van der Waals surface area (Å²) in [5.41, 5.74) is 2.72. The molecule has 1 heterocycles. The summed E-state index contributed by atoms with van der Waals surface area (Å²) in [6, 6.07) is 9.45. The molecule has 1 aliphatic heterocycles. The van der Waals surface area contributed by atoms with Gasteiger partial charge in [0.2, 0.25) is 5.91 Å².